The van der Waals surface area contributed by atoms with E-state index in [0.717, 1.165) is 18.9 Å². The lowest BCUT2D eigenvalue weighted by Gasteiger charge is -2.17. The van der Waals surface area contributed by atoms with Gasteiger partial charge >= 0.3 is 0 Å². The van der Waals surface area contributed by atoms with Gasteiger partial charge in [0.05, 0.1) is 0 Å². The van der Waals surface area contributed by atoms with Crippen LogP contribution in [0.5, 0.6) is 0 Å². The molecule has 1 unspecified atom stereocenters. The van der Waals surface area contributed by atoms with E-state index in [1.54, 1.807) is 0 Å². The topological polar surface area (TPSA) is 38.0 Å². The standard InChI is InChI=1S/C13H20F2N2/c1-9(2)3-4-13(17-16)7-10-5-11(14)8-12(15)6-10/h5-6,8-9,13,17H,3-4,7,16H2,1-2H3. The van der Waals surface area contributed by atoms with Crippen LogP contribution in [0, 0.1) is 17.6 Å². The van der Waals surface area contributed by atoms with Crippen LogP contribution in [-0.2, 0) is 6.42 Å². The third kappa shape index (κ3) is 5.24. The minimum absolute atomic E-state index is 0.0543. The lowest BCUT2D eigenvalue weighted by Crippen LogP contribution is -2.37. The Morgan fingerprint density at radius 1 is 1.12 bits per heavy atom. The van der Waals surface area contributed by atoms with Gasteiger partial charge in [-0.25, -0.2) is 8.78 Å². The zero-order chi connectivity index (χ0) is 12.8. The number of halogens is 2. The smallest absolute Gasteiger partial charge is 0.126 e. The van der Waals surface area contributed by atoms with Gasteiger partial charge in [-0.05, 0) is 42.9 Å². The van der Waals surface area contributed by atoms with Crippen LogP contribution in [0.2, 0.25) is 0 Å². The molecule has 0 amide bonds. The van der Waals surface area contributed by atoms with Gasteiger partial charge in [0, 0.05) is 12.1 Å². The molecule has 0 heterocycles. The number of hydrogen-bond donors (Lipinski definition) is 2. The summed E-state index contributed by atoms with van der Waals surface area (Å²) in [6, 6.07) is 3.63. The number of rotatable bonds is 6. The molecule has 0 radical (unpaired) electrons. The molecule has 17 heavy (non-hydrogen) atoms. The molecule has 0 aromatic heterocycles. The molecule has 96 valence electrons. The average molecular weight is 242 g/mol. The third-order valence-corrected chi connectivity index (χ3v) is 2.73. The van der Waals surface area contributed by atoms with Crippen LogP contribution in [-0.4, -0.2) is 6.04 Å². The third-order valence-electron chi connectivity index (χ3n) is 2.73. The van der Waals surface area contributed by atoms with E-state index in [2.05, 4.69) is 19.3 Å². The van der Waals surface area contributed by atoms with E-state index in [0.29, 0.717) is 17.9 Å². The van der Waals surface area contributed by atoms with Crippen molar-refractivity contribution < 1.29 is 8.78 Å². The van der Waals surface area contributed by atoms with Crippen LogP contribution in [0.1, 0.15) is 32.3 Å². The van der Waals surface area contributed by atoms with E-state index in [-0.39, 0.29) is 6.04 Å². The summed E-state index contributed by atoms with van der Waals surface area (Å²) in [7, 11) is 0. The van der Waals surface area contributed by atoms with E-state index < -0.39 is 11.6 Å². The quantitative estimate of drug-likeness (QED) is 0.594. The number of nitrogens with one attached hydrogen (secondary N) is 1. The fourth-order valence-electron chi connectivity index (χ4n) is 1.79. The van der Waals surface area contributed by atoms with Gasteiger partial charge in [0.2, 0.25) is 0 Å². The zero-order valence-corrected chi connectivity index (χ0v) is 10.3. The Labute approximate surface area is 101 Å². The first kappa shape index (κ1) is 14.1. The molecular formula is C13H20F2N2. The SMILES string of the molecule is CC(C)CCC(Cc1cc(F)cc(F)c1)NN. The first-order chi connectivity index (χ1) is 8.01. The Hall–Kier alpha value is -1.00. The second kappa shape index (κ2) is 6.67. The molecule has 0 aliphatic rings. The number of nitrogens with two attached hydrogens (primary N) is 1. The second-order valence-electron chi connectivity index (χ2n) is 4.82. The lowest BCUT2D eigenvalue weighted by atomic mass is 9.98. The van der Waals surface area contributed by atoms with Crippen molar-refractivity contribution in [1.29, 1.82) is 0 Å². The van der Waals surface area contributed by atoms with Gasteiger partial charge in [-0.2, -0.15) is 0 Å². The van der Waals surface area contributed by atoms with Crippen molar-refractivity contribution in [3.8, 4) is 0 Å². The zero-order valence-electron chi connectivity index (χ0n) is 10.3. The minimum atomic E-state index is -0.542. The summed E-state index contributed by atoms with van der Waals surface area (Å²) in [5.41, 5.74) is 3.33. The highest BCUT2D eigenvalue weighted by Gasteiger charge is 2.10. The van der Waals surface area contributed by atoms with Gasteiger partial charge in [0.1, 0.15) is 11.6 Å². The van der Waals surface area contributed by atoms with Crippen LogP contribution < -0.4 is 11.3 Å². The largest absolute Gasteiger partial charge is 0.271 e. The first-order valence-corrected chi connectivity index (χ1v) is 5.92. The predicted octanol–water partition coefficient (Wildman–Crippen LogP) is 2.78. The molecule has 0 bridgehead atoms. The monoisotopic (exact) mass is 242 g/mol. The average Bonchev–Trinajstić information content (AvgIpc) is 2.22. The molecule has 1 aromatic carbocycles. The molecule has 1 aromatic rings. The van der Waals surface area contributed by atoms with Gasteiger partial charge in [0.25, 0.3) is 0 Å². The van der Waals surface area contributed by atoms with Crippen molar-refractivity contribution >= 4 is 0 Å². The number of hydrazine groups is 1. The van der Waals surface area contributed by atoms with Crippen LogP contribution in [0.3, 0.4) is 0 Å². The lowest BCUT2D eigenvalue weighted by molar-refractivity contribution is 0.433. The van der Waals surface area contributed by atoms with Crippen molar-refractivity contribution in [3.05, 3.63) is 35.4 Å². The maximum Gasteiger partial charge on any atom is 0.126 e. The molecule has 3 N–H and O–H groups in total. The highest BCUT2D eigenvalue weighted by Crippen LogP contribution is 2.13. The fourth-order valence-corrected chi connectivity index (χ4v) is 1.79. The molecule has 0 spiro atoms. The van der Waals surface area contributed by atoms with Crippen LogP contribution in [0.4, 0.5) is 8.78 Å². The Morgan fingerprint density at radius 2 is 1.71 bits per heavy atom. The molecule has 4 heteroatoms. The summed E-state index contributed by atoms with van der Waals surface area (Å²) in [5, 5.41) is 0. The highest BCUT2D eigenvalue weighted by molar-refractivity contribution is 5.18. The van der Waals surface area contributed by atoms with E-state index in [1.165, 1.54) is 12.1 Å². The van der Waals surface area contributed by atoms with Gasteiger partial charge in [0.15, 0.2) is 0 Å². The molecule has 2 nitrogen and oxygen atoms in total. The Balaban J connectivity index is 2.60. The van der Waals surface area contributed by atoms with E-state index in [9.17, 15) is 8.78 Å². The molecular weight excluding hydrogens is 222 g/mol. The van der Waals surface area contributed by atoms with E-state index >= 15 is 0 Å². The highest BCUT2D eigenvalue weighted by atomic mass is 19.1. The van der Waals surface area contributed by atoms with Crippen molar-refractivity contribution in [2.24, 2.45) is 11.8 Å². The fraction of sp³-hybridized carbons (Fsp3) is 0.538. The Kier molecular flexibility index (Phi) is 5.51. The van der Waals surface area contributed by atoms with Crippen molar-refractivity contribution in [3.63, 3.8) is 0 Å². The second-order valence-corrected chi connectivity index (χ2v) is 4.82. The van der Waals surface area contributed by atoms with E-state index in [4.69, 9.17) is 5.84 Å². The Bertz CT molecular complexity index is 333. The summed E-state index contributed by atoms with van der Waals surface area (Å²) in [6.07, 6.45) is 2.47. The molecule has 0 aliphatic heterocycles. The summed E-state index contributed by atoms with van der Waals surface area (Å²) in [4.78, 5) is 0. The molecule has 0 aliphatic carbocycles. The Morgan fingerprint density at radius 3 is 2.18 bits per heavy atom. The molecule has 0 fully saturated rings. The van der Waals surface area contributed by atoms with E-state index in [1.807, 2.05) is 0 Å². The van der Waals surface area contributed by atoms with Crippen molar-refractivity contribution in [1.82, 2.24) is 5.43 Å². The minimum Gasteiger partial charge on any atom is -0.271 e. The summed E-state index contributed by atoms with van der Waals surface area (Å²) in [5.74, 6) is 4.95. The number of hydrogen-bond acceptors (Lipinski definition) is 2. The maximum absolute atomic E-state index is 13.0. The molecule has 1 atom stereocenters. The van der Waals surface area contributed by atoms with Crippen LogP contribution >= 0.6 is 0 Å². The molecule has 0 saturated heterocycles. The van der Waals surface area contributed by atoms with Crippen LogP contribution in [0.25, 0.3) is 0 Å². The summed E-state index contributed by atoms with van der Waals surface area (Å²) < 4.78 is 26.0. The number of benzene rings is 1. The summed E-state index contributed by atoms with van der Waals surface area (Å²) >= 11 is 0. The maximum atomic E-state index is 13.0. The van der Waals surface area contributed by atoms with Gasteiger partial charge in [-0.1, -0.05) is 13.8 Å². The normalized spacial score (nSPS) is 13.1. The van der Waals surface area contributed by atoms with Crippen LogP contribution in [0.15, 0.2) is 18.2 Å². The van der Waals surface area contributed by atoms with Crippen molar-refractivity contribution in [2.75, 3.05) is 0 Å². The molecule has 0 saturated carbocycles. The van der Waals surface area contributed by atoms with Crippen molar-refractivity contribution in [2.45, 2.75) is 39.2 Å². The van der Waals surface area contributed by atoms with Gasteiger partial charge in [-0.3, -0.25) is 11.3 Å². The predicted molar refractivity (Wildman–Crippen MR) is 65.2 cm³/mol. The first-order valence-electron chi connectivity index (χ1n) is 5.92. The summed E-state index contributed by atoms with van der Waals surface area (Å²) in [6.45, 7) is 4.27. The van der Waals surface area contributed by atoms with Gasteiger partial charge < -0.3 is 0 Å². The molecule has 1 rings (SSSR count). The van der Waals surface area contributed by atoms with Gasteiger partial charge in [-0.15, -0.1) is 0 Å².